The molecule has 2 amide bonds. The van der Waals surface area contributed by atoms with Crippen molar-refractivity contribution < 1.29 is 29.7 Å². The molecule has 0 aromatic rings. The van der Waals surface area contributed by atoms with Crippen molar-refractivity contribution in [3.8, 4) is 0 Å². The van der Waals surface area contributed by atoms with Gasteiger partial charge in [-0.1, -0.05) is 0 Å². The van der Waals surface area contributed by atoms with Gasteiger partial charge >= 0.3 is 18.0 Å². The number of amides is 2. The van der Waals surface area contributed by atoms with Gasteiger partial charge in [0.2, 0.25) is 0 Å². The maximum Gasteiger partial charge on any atom is 0.326 e. The number of carbonyl (C=O) groups is 3. The summed E-state index contributed by atoms with van der Waals surface area (Å²) in [5.74, 6) is -2.40. The van der Waals surface area contributed by atoms with Crippen LogP contribution in [0, 0.1) is 0 Å². The highest BCUT2D eigenvalue weighted by molar-refractivity contribution is 5.82. The standard InChI is InChI=1S/C10H18N2O6/c1-12(5-2-6-13)10(18)11-7(9(16)17)3-4-8(14)15/h7,13H,2-6H2,1H3,(H,11,18)(H,14,15)(H,16,17). The van der Waals surface area contributed by atoms with Gasteiger partial charge in [-0.25, -0.2) is 9.59 Å². The number of urea groups is 1. The van der Waals surface area contributed by atoms with E-state index < -0.39 is 24.0 Å². The van der Waals surface area contributed by atoms with Gasteiger partial charge in [0.1, 0.15) is 6.04 Å². The number of aliphatic hydroxyl groups excluding tert-OH is 1. The lowest BCUT2D eigenvalue weighted by Crippen LogP contribution is -2.47. The largest absolute Gasteiger partial charge is 0.481 e. The van der Waals surface area contributed by atoms with Crippen LogP contribution < -0.4 is 5.32 Å². The number of carboxylic acid groups (broad SMARTS) is 2. The Hall–Kier alpha value is -1.83. The summed E-state index contributed by atoms with van der Waals surface area (Å²) in [7, 11) is 1.46. The number of nitrogens with zero attached hydrogens (tertiary/aromatic N) is 1. The molecule has 0 radical (unpaired) electrons. The van der Waals surface area contributed by atoms with E-state index in [0.717, 1.165) is 0 Å². The molecule has 0 saturated heterocycles. The molecule has 0 saturated carbocycles. The smallest absolute Gasteiger partial charge is 0.326 e. The molecule has 0 spiro atoms. The number of aliphatic carboxylic acids is 2. The molecule has 8 nitrogen and oxygen atoms in total. The van der Waals surface area contributed by atoms with Crippen molar-refractivity contribution in [2.45, 2.75) is 25.3 Å². The predicted molar refractivity (Wildman–Crippen MR) is 61.2 cm³/mol. The molecule has 1 unspecified atom stereocenters. The molecule has 8 heteroatoms. The molecule has 0 aromatic heterocycles. The van der Waals surface area contributed by atoms with Crippen LogP contribution in [-0.4, -0.2) is 64.4 Å². The van der Waals surface area contributed by atoms with Crippen molar-refractivity contribution >= 4 is 18.0 Å². The van der Waals surface area contributed by atoms with Gasteiger partial charge in [-0.2, -0.15) is 0 Å². The minimum atomic E-state index is -1.28. The van der Waals surface area contributed by atoms with E-state index in [0.29, 0.717) is 6.42 Å². The van der Waals surface area contributed by atoms with Gasteiger partial charge in [-0.15, -0.1) is 0 Å². The van der Waals surface area contributed by atoms with Gasteiger partial charge in [0.05, 0.1) is 0 Å². The van der Waals surface area contributed by atoms with Crippen LogP contribution in [0.1, 0.15) is 19.3 Å². The molecule has 18 heavy (non-hydrogen) atoms. The van der Waals surface area contributed by atoms with Crippen molar-refractivity contribution in [2.24, 2.45) is 0 Å². The average Bonchev–Trinajstić information content (AvgIpc) is 2.30. The van der Waals surface area contributed by atoms with E-state index in [1.165, 1.54) is 11.9 Å². The Labute approximate surface area is 104 Å². The number of rotatable bonds is 8. The second-order valence-electron chi connectivity index (χ2n) is 3.77. The zero-order valence-corrected chi connectivity index (χ0v) is 10.1. The lowest BCUT2D eigenvalue weighted by atomic mass is 10.1. The summed E-state index contributed by atoms with van der Waals surface area (Å²) in [6.07, 6.45) is -0.126. The highest BCUT2D eigenvalue weighted by Crippen LogP contribution is 1.99. The molecule has 0 bridgehead atoms. The fraction of sp³-hybridized carbons (Fsp3) is 0.700. The second kappa shape index (κ2) is 8.29. The highest BCUT2D eigenvalue weighted by atomic mass is 16.4. The fourth-order valence-electron chi connectivity index (χ4n) is 1.19. The molecule has 0 aliphatic rings. The van der Waals surface area contributed by atoms with Gasteiger partial charge in [0.25, 0.3) is 0 Å². The van der Waals surface area contributed by atoms with Gasteiger partial charge in [-0.05, 0) is 12.8 Å². The monoisotopic (exact) mass is 262 g/mol. The number of nitrogens with one attached hydrogen (secondary N) is 1. The summed E-state index contributed by atoms with van der Waals surface area (Å²) in [6.45, 7) is 0.215. The van der Waals surface area contributed by atoms with E-state index in [9.17, 15) is 14.4 Å². The lowest BCUT2D eigenvalue weighted by molar-refractivity contribution is -0.140. The zero-order chi connectivity index (χ0) is 14.1. The van der Waals surface area contributed by atoms with Crippen molar-refractivity contribution in [3.63, 3.8) is 0 Å². The highest BCUT2D eigenvalue weighted by Gasteiger charge is 2.22. The van der Waals surface area contributed by atoms with Gasteiger partial charge in [-0.3, -0.25) is 4.79 Å². The van der Waals surface area contributed by atoms with E-state index >= 15 is 0 Å². The number of hydrogen-bond acceptors (Lipinski definition) is 4. The quantitative estimate of drug-likeness (QED) is 0.459. The topological polar surface area (TPSA) is 127 Å². The average molecular weight is 262 g/mol. The Morgan fingerprint density at radius 1 is 1.28 bits per heavy atom. The van der Waals surface area contributed by atoms with Crippen molar-refractivity contribution in [3.05, 3.63) is 0 Å². The van der Waals surface area contributed by atoms with Gasteiger partial charge in [0.15, 0.2) is 0 Å². The molecule has 0 heterocycles. The fourth-order valence-corrected chi connectivity index (χ4v) is 1.19. The molecular weight excluding hydrogens is 244 g/mol. The lowest BCUT2D eigenvalue weighted by Gasteiger charge is -2.20. The van der Waals surface area contributed by atoms with Crippen LogP contribution in [0.15, 0.2) is 0 Å². The molecule has 1 atom stereocenters. The van der Waals surface area contributed by atoms with Crippen LogP contribution in [0.4, 0.5) is 4.79 Å². The number of hydrogen-bond donors (Lipinski definition) is 4. The molecular formula is C10H18N2O6. The van der Waals surface area contributed by atoms with Crippen LogP contribution in [0.25, 0.3) is 0 Å². The third-order valence-corrected chi connectivity index (χ3v) is 2.24. The molecule has 0 aliphatic carbocycles. The van der Waals surface area contributed by atoms with Gasteiger partial charge in [0, 0.05) is 26.6 Å². The molecule has 4 N–H and O–H groups in total. The van der Waals surface area contributed by atoms with E-state index in [-0.39, 0.29) is 26.0 Å². The Morgan fingerprint density at radius 3 is 2.33 bits per heavy atom. The first kappa shape index (κ1) is 16.2. The first-order chi connectivity index (χ1) is 8.38. The van der Waals surface area contributed by atoms with Gasteiger partial charge < -0.3 is 25.5 Å². The molecule has 0 fully saturated rings. The minimum Gasteiger partial charge on any atom is -0.481 e. The maximum atomic E-state index is 11.5. The molecule has 104 valence electrons. The number of aliphatic hydroxyl groups is 1. The normalized spacial score (nSPS) is 11.7. The first-order valence-corrected chi connectivity index (χ1v) is 5.45. The Kier molecular flexibility index (Phi) is 7.45. The van der Waals surface area contributed by atoms with Crippen LogP contribution in [0.2, 0.25) is 0 Å². The third-order valence-electron chi connectivity index (χ3n) is 2.24. The Balaban J connectivity index is 4.26. The Morgan fingerprint density at radius 2 is 1.89 bits per heavy atom. The van der Waals surface area contributed by atoms with Crippen LogP contribution in [0.3, 0.4) is 0 Å². The summed E-state index contributed by atoms with van der Waals surface area (Å²) >= 11 is 0. The van der Waals surface area contributed by atoms with Crippen LogP contribution >= 0.6 is 0 Å². The number of carboxylic acids is 2. The van der Waals surface area contributed by atoms with E-state index in [2.05, 4.69) is 5.32 Å². The minimum absolute atomic E-state index is 0.0704. The van der Waals surface area contributed by atoms with Crippen molar-refractivity contribution in [1.29, 1.82) is 0 Å². The van der Waals surface area contributed by atoms with E-state index in [1.807, 2.05) is 0 Å². The third kappa shape index (κ3) is 6.69. The summed E-state index contributed by atoms with van der Waals surface area (Å²) in [5.41, 5.74) is 0. The summed E-state index contributed by atoms with van der Waals surface area (Å²) < 4.78 is 0. The molecule has 0 aromatic carbocycles. The summed E-state index contributed by atoms with van der Waals surface area (Å²) in [5, 5.41) is 28.1. The van der Waals surface area contributed by atoms with Crippen molar-refractivity contribution in [2.75, 3.05) is 20.2 Å². The predicted octanol–water partition coefficient (Wildman–Crippen LogP) is -0.672. The zero-order valence-electron chi connectivity index (χ0n) is 10.1. The summed E-state index contributed by atoms with van der Waals surface area (Å²) in [4.78, 5) is 33.9. The van der Waals surface area contributed by atoms with E-state index in [1.54, 1.807) is 0 Å². The second-order valence-corrected chi connectivity index (χ2v) is 3.77. The van der Waals surface area contributed by atoms with Crippen LogP contribution in [-0.2, 0) is 9.59 Å². The Bertz CT molecular complexity index is 307. The van der Waals surface area contributed by atoms with Crippen LogP contribution in [0.5, 0.6) is 0 Å². The van der Waals surface area contributed by atoms with E-state index in [4.69, 9.17) is 15.3 Å². The molecule has 0 rings (SSSR count). The van der Waals surface area contributed by atoms with Crippen molar-refractivity contribution in [1.82, 2.24) is 10.2 Å². The maximum absolute atomic E-state index is 11.5. The first-order valence-electron chi connectivity index (χ1n) is 5.45. The molecule has 0 aliphatic heterocycles. The SMILES string of the molecule is CN(CCCO)C(=O)NC(CCC(=O)O)C(=O)O. The summed E-state index contributed by atoms with van der Waals surface area (Å²) in [6, 6.07) is -1.84. The number of carbonyl (C=O) groups excluding carboxylic acids is 1.